The number of hydrogen-bond acceptors (Lipinski definition) is 6. The maximum absolute atomic E-state index is 13.1. The summed E-state index contributed by atoms with van der Waals surface area (Å²) in [6, 6.07) is 17.3. The summed E-state index contributed by atoms with van der Waals surface area (Å²) in [7, 11) is -3.49. The van der Waals surface area contributed by atoms with Gasteiger partial charge in [0.25, 0.3) is 0 Å². The SMILES string of the molecule is Cc1ccc(-c2ccc(N3CCN(c4ccc(Cl)cc4)CC3)nn2)cc1S(=O)(=O)N1CCCC1. The number of piperazine rings is 1. The van der Waals surface area contributed by atoms with E-state index < -0.39 is 10.0 Å². The summed E-state index contributed by atoms with van der Waals surface area (Å²) in [6.45, 7) is 6.49. The van der Waals surface area contributed by atoms with Crippen molar-refractivity contribution in [2.24, 2.45) is 0 Å². The number of halogens is 1. The fraction of sp³-hybridized carbons (Fsp3) is 0.360. The first kappa shape index (κ1) is 23.1. The molecule has 0 spiro atoms. The molecule has 9 heteroatoms. The van der Waals surface area contributed by atoms with Crippen LogP contribution in [0.4, 0.5) is 11.5 Å². The molecule has 1 aromatic heterocycles. The Morgan fingerprint density at radius 2 is 1.47 bits per heavy atom. The van der Waals surface area contributed by atoms with Crippen molar-refractivity contribution in [1.82, 2.24) is 14.5 Å². The maximum Gasteiger partial charge on any atom is 0.243 e. The van der Waals surface area contributed by atoms with E-state index in [9.17, 15) is 8.42 Å². The van der Waals surface area contributed by atoms with E-state index in [-0.39, 0.29) is 0 Å². The van der Waals surface area contributed by atoms with Gasteiger partial charge in [-0.3, -0.25) is 0 Å². The zero-order valence-corrected chi connectivity index (χ0v) is 20.8. The Bertz CT molecular complexity index is 1250. The number of aryl methyl sites for hydroxylation is 1. The molecule has 2 saturated heterocycles. The van der Waals surface area contributed by atoms with Crippen molar-refractivity contribution in [2.75, 3.05) is 49.1 Å². The zero-order valence-electron chi connectivity index (χ0n) is 19.2. The van der Waals surface area contributed by atoms with E-state index in [2.05, 4.69) is 20.0 Å². The summed E-state index contributed by atoms with van der Waals surface area (Å²) in [6.07, 6.45) is 1.83. The molecule has 0 N–H and O–H groups in total. The van der Waals surface area contributed by atoms with Crippen LogP contribution in [0.25, 0.3) is 11.3 Å². The predicted molar refractivity (Wildman–Crippen MR) is 136 cm³/mol. The Morgan fingerprint density at radius 3 is 2.12 bits per heavy atom. The van der Waals surface area contributed by atoms with Crippen molar-refractivity contribution in [3.63, 3.8) is 0 Å². The Balaban J connectivity index is 1.30. The van der Waals surface area contributed by atoms with Gasteiger partial charge >= 0.3 is 0 Å². The van der Waals surface area contributed by atoms with Gasteiger partial charge in [-0.05, 0) is 67.8 Å². The Hall–Kier alpha value is -2.68. The third-order valence-corrected chi connectivity index (χ3v) is 8.91. The lowest BCUT2D eigenvalue weighted by Crippen LogP contribution is -2.46. The molecule has 0 amide bonds. The fourth-order valence-electron chi connectivity index (χ4n) is 4.60. The molecule has 34 heavy (non-hydrogen) atoms. The van der Waals surface area contributed by atoms with Crippen LogP contribution in [0, 0.1) is 6.92 Å². The van der Waals surface area contributed by atoms with E-state index in [1.165, 1.54) is 5.69 Å². The zero-order chi connectivity index (χ0) is 23.7. The molecule has 178 valence electrons. The van der Waals surface area contributed by atoms with Gasteiger partial charge in [0.2, 0.25) is 10.0 Å². The highest BCUT2D eigenvalue weighted by Crippen LogP contribution is 2.28. The molecular weight excluding hydrogens is 470 g/mol. The van der Waals surface area contributed by atoms with E-state index in [1.807, 2.05) is 55.5 Å². The van der Waals surface area contributed by atoms with Crippen molar-refractivity contribution in [3.8, 4) is 11.3 Å². The minimum Gasteiger partial charge on any atom is -0.368 e. The lowest BCUT2D eigenvalue weighted by molar-refractivity contribution is 0.477. The van der Waals surface area contributed by atoms with Crippen molar-refractivity contribution >= 4 is 33.1 Å². The number of aromatic nitrogens is 2. The molecule has 5 rings (SSSR count). The van der Waals surface area contributed by atoms with E-state index in [0.717, 1.165) is 61.0 Å². The van der Waals surface area contributed by atoms with Crippen LogP contribution in [0.1, 0.15) is 18.4 Å². The van der Waals surface area contributed by atoms with Crippen LogP contribution in [0.5, 0.6) is 0 Å². The minimum absolute atomic E-state index is 0.357. The average molecular weight is 498 g/mol. The molecule has 0 radical (unpaired) electrons. The topological polar surface area (TPSA) is 69.6 Å². The van der Waals surface area contributed by atoms with Crippen LogP contribution in [-0.2, 0) is 10.0 Å². The lowest BCUT2D eigenvalue weighted by atomic mass is 10.1. The van der Waals surface area contributed by atoms with Crippen molar-refractivity contribution in [2.45, 2.75) is 24.7 Å². The summed E-state index contributed by atoms with van der Waals surface area (Å²) in [5.74, 6) is 0.830. The molecule has 2 fully saturated rings. The summed E-state index contributed by atoms with van der Waals surface area (Å²) in [5.41, 5.74) is 3.35. The van der Waals surface area contributed by atoms with Gasteiger partial charge in [-0.1, -0.05) is 23.7 Å². The van der Waals surface area contributed by atoms with Crippen molar-refractivity contribution in [3.05, 3.63) is 65.2 Å². The average Bonchev–Trinajstić information content (AvgIpc) is 3.41. The van der Waals surface area contributed by atoms with Crippen molar-refractivity contribution < 1.29 is 8.42 Å². The van der Waals surface area contributed by atoms with Crippen LogP contribution in [0.2, 0.25) is 5.02 Å². The highest BCUT2D eigenvalue weighted by atomic mass is 35.5. The third kappa shape index (κ3) is 4.62. The largest absolute Gasteiger partial charge is 0.368 e. The monoisotopic (exact) mass is 497 g/mol. The van der Waals surface area contributed by atoms with E-state index in [4.69, 9.17) is 11.6 Å². The van der Waals surface area contributed by atoms with Gasteiger partial charge in [0.15, 0.2) is 5.82 Å². The molecular formula is C25H28ClN5O2S. The van der Waals surface area contributed by atoms with Crippen LogP contribution < -0.4 is 9.80 Å². The Labute approximate surface area is 206 Å². The molecule has 2 aromatic carbocycles. The number of nitrogens with zero attached hydrogens (tertiary/aromatic N) is 5. The molecule has 7 nitrogen and oxygen atoms in total. The summed E-state index contributed by atoms with van der Waals surface area (Å²) in [5, 5.41) is 9.64. The number of benzene rings is 2. The second-order valence-electron chi connectivity index (χ2n) is 8.82. The highest BCUT2D eigenvalue weighted by Gasteiger charge is 2.29. The maximum atomic E-state index is 13.1. The molecule has 0 aliphatic carbocycles. The van der Waals surface area contributed by atoms with Gasteiger partial charge in [0, 0.05) is 55.5 Å². The molecule has 2 aliphatic heterocycles. The number of sulfonamides is 1. The summed E-state index contributed by atoms with van der Waals surface area (Å²) >= 11 is 6.01. The van der Waals surface area contributed by atoms with Gasteiger partial charge in [-0.25, -0.2) is 8.42 Å². The van der Waals surface area contributed by atoms with Gasteiger partial charge in [0.1, 0.15) is 0 Å². The molecule has 3 aromatic rings. The third-order valence-electron chi connectivity index (χ3n) is 6.61. The lowest BCUT2D eigenvalue weighted by Gasteiger charge is -2.36. The van der Waals surface area contributed by atoms with Crippen LogP contribution >= 0.6 is 11.6 Å². The van der Waals surface area contributed by atoms with E-state index >= 15 is 0 Å². The van der Waals surface area contributed by atoms with Crippen LogP contribution in [0.3, 0.4) is 0 Å². The smallest absolute Gasteiger partial charge is 0.243 e. The van der Waals surface area contributed by atoms with Gasteiger partial charge in [-0.15, -0.1) is 10.2 Å². The van der Waals surface area contributed by atoms with E-state index in [1.54, 1.807) is 10.4 Å². The standard InChI is InChI=1S/C25H28ClN5O2S/c1-19-4-5-20(18-24(19)34(32,33)31-12-2-3-13-31)23-10-11-25(28-27-23)30-16-14-29(15-17-30)22-8-6-21(26)7-9-22/h4-11,18H,2-3,12-17H2,1H3. The molecule has 0 saturated carbocycles. The Morgan fingerprint density at radius 1 is 0.794 bits per heavy atom. The van der Waals surface area contributed by atoms with Gasteiger partial charge in [0.05, 0.1) is 10.6 Å². The Kier molecular flexibility index (Phi) is 6.46. The summed E-state index contributed by atoms with van der Waals surface area (Å²) in [4.78, 5) is 4.92. The number of anilines is 2. The van der Waals surface area contributed by atoms with Gasteiger partial charge in [-0.2, -0.15) is 4.31 Å². The van der Waals surface area contributed by atoms with Crippen LogP contribution in [-0.4, -0.2) is 62.2 Å². The molecule has 0 atom stereocenters. The molecule has 2 aliphatic rings. The van der Waals surface area contributed by atoms with Gasteiger partial charge < -0.3 is 9.80 Å². The molecule has 0 bridgehead atoms. The quantitative estimate of drug-likeness (QED) is 0.525. The summed E-state index contributed by atoms with van der Waals surface area (Å²) < 4.78 is 27.8. The number of hydrogen-bond donors (Lipinski definition) is 0. The first-order chi connectivity index (χ1) is 16.4. The van der Waals surface area contributed by atoms with E-state index in [0.29, 0.717) is 23.7 Å². The first-order valence-corrected chi connectivity index (χ1v) is 13.4. The molecule has 0 unspecified atom stereocenters. The minimum atomic E-state index is -3.49. The van der Waals surface area contributed by atoms with Crippen LogP contribution in [0.15, 0.2) is 59.5 Å². The number of rotatable bonds is 5. The van der Waals surface area contributed by atoms with Crippen molar-refractivity contribution in [1.29, 1.82) is 0 Å². The second kappa shape index (κ2) is 9.52. The second-order valence-corrected chi connectivity index (χ2v) is 11.2. The normalized spacial score (nSPS) is 17.4. The highest BCUT2D eigenvalue weighted by molar-refractivity contribution is 7.89. The molecule has 3 heterocycles. The first-order valence-electron chi connectivity index (χ1n) is 11.6. The predicted octanol–water partition coefficient (Wildman–Crippen LogP) is 4.22. The fourth-order valence-corrected chi connectivity index (χ4v) is 6.49.